The van der Waals surface area contributed by atoms with Crippen LogP contribution in [0.2, 0.25) is 38.3 Å². The predicted octanol–water partition coefficient (Wildman–Crippen LogP) is 4.33. The average molecular weight is 272 g/mol. The summed E-state index contributed by atoms with van der Waals surface area (Å²) in [4.78, 5) is 0. The zero-order chi connectivity index (χ0) is 12.9. The van der Waals surface area contributed by atoms with Gasteiger partial charge in [-0.3, -0.25) is 0 Å². The molecule has 0 heterocycles. The third kappa shape index (κ3) is 6.21. The number of nitrogens with zero attached hydrogens (tertiary/aromatic N) is 1. The molecule has 17 heavy (non-hydrogen) atoms. The lowest BCUT2D eigenvalue weighted by molar-refractivity contribution is 0.285. The van der Waals surface area contributed by atoms with Gasteiger partial charge in [0.1, 0.15) is 8.96 Å². The van der Waals surface area contributed by atoms with Crippen LogP contribution in [0.25, 0.3) is 0 Å². The van der Waals surface area contributed by atoms with Crippen LogP contribution < -0.4 is 0 Å². The zero-order valence-corrected chi connectivity index (χ0v) is 14.9. The van der Waals surface area contributed by atoms with E-state index in [2.05, 4.69) is 37.8 Å². The summed E-state index contributed by atoms with van der Waals surface area (Å²) in [6.07, 6.45) is 8.88. The van der Waals surface area contributed by atoms with Crippen LogP contribution in [0.4, 0.5) is 0 Å². The Hall–Kier alpha value is 0.394. The van der Waals surface area contributed by atoms with Crippen LogP contribution in [0.5, 0.6) is 0 Å². The first-order valence-electron chi connectivity index (χ1n) is 7.62. The van der Waals surface area contributed by atoms with Gasteiger partial charge in [-0.2, -0.15) is 0 Å². The van der Waals surface area contributed by atoms with E-state index in [1.807, 2.05) is 0 Å². The fourth-order valence-corrected chi connectivity index (χ4v) is 6.87. The molecule has 3 heteroatoms. The zero-order valence-electron chi connectivity index (χ0n) is 12.8. The quantitative estimate of drug-likeness (QED) is 0.650. The lowest BCUT2D eigenvalue weighted by atomic mass is 9.96. The fourth-order valence-electron chi connectivity index (χ4n) is 2.98. The van der Waals surface area contributed by atoms with E-state index in [1.54, 1.807) is 0 Å². The molecule has 0 saturated heterocycles. The van der Waals surface area contributed by atoms with E-state index in [-0.39, 0.29) is 0 Å². The Labute approximate surface area is 112 Å². The lowest BCUT2D eigenvalue weighted by Gasteiger charge is -2.35. The molecule has 102 valence electrons. The van der Waals surface area contributed by atoms with E-state index in [9.17, 15) is 0 Å². The summed E-state index contributed by atoms with van der Waals surface area (Å²) in [5, 5.41) is 0. The molecule has 1 fully saturated rings. The van der Waals surface area contributed by atoms with Crippen molar-refractivity contribution in [1.82, 2.24) is 4.57 Å². The molecule has 0 bridgehead atoms. The fraction of sp³-hybridized carbons (Fsp3) is 1.00. The van der Waals surface area contributed by atoms with Gasteiger partial charge in [-0.25, -0.2) is 0 Å². The van der Waals surface area contributed by atoms with Gasteiger partial charge in [-0.15, -0.1) is 0 Å². The minimum Gasteiger partial charge on any atom is -0.326 e. The molecule has 0 N–H and O–H groups in total. The third-order valence-corrected chi connectivity index (χ3v) is 9.30. The van der Waals surface area contributed by atoms with Crippen molar-refractivity contribution in [2.45, 2.75) is 82.8 Å². The first-order chi connectivity index (χ1) is 7.90. The van der Waals surface area contributed by atoms with Crippen LogP contribution in [0.15, 0.2) is 0 Å². The van der Waals surface area contributed by atoms with Crippen molar-refractivity contribution in [1.29, 1.82) is 0 Å². The molecule has 1 nitrogen and oxygen atoms in total. The topological polar surface area (TPSA) is 3.24 Å². The summed E-state index contributed by atoms with van der Waals surface area (Å²) in [5.41, 5.74) is 0. The number of rotatable bonds is 6. The van der Waals surface area contributed by atoms with Crippen LogP contribution in [0.1, 0.15) is 38.5 Å². The van der Waals surface area contributed by atoms with Gasteiger partial charge < -0.3 is 4.57 Å². The maximum absolute atomic E-state index is 2.81. The Morgan fingerprint density at radius 2 is 1.71 bits per heavy atom. The molecular formula is C14H33NSi2. The predicted molar refractivity (Wildman–Crippen MR) is 85.2 cm³/mol. The summed E-state index contributed by atoms with van der Waals surface area (Å²) in [7, 11) is 1.02. The molecule has 1 aliphatic rings. The van der Waals surface area contributed by atoms with E-state index < -0.39 is 17.0 Å². The minimum atomic E-state index is -0.795. The summed E-state index contributed by atoms with van der Waals surface area (Å²) in [6, 6.07) is 4.01. The molecule has 0 spiro atoms. The minimum absolute atomic E-state index is 0.603. The highest BCUT2D eigenvalue weighted by Gasteiger charge is 2.23. The van der Waals surface area contributed by atoms with Crippen molar-refractivity contribution >= 4 is 17.0 Å². The Morgan fingerprint density at radius 3 is 2.24 bits per heavy atom. The maximum atomic E-state index is 2.81. The van der Waals surface area contributed by atoms with Crippen molar-refractivity contribution < 1.29 is 0 Å². The standard InChI is InChI=1S/C14H33NSi2/c1-15(14-10-7-6-8-11-14)16(2)12-9-13-17(3,4)5/h14,16H,6-13H2,1-5H3. The van der Waals surface area contributed by atoms with Crippen molar-refractivity contribution in [3.05, 3.63) is 0 Å². The van der Waals surface area contributed by atoms with Gasteiger partial charge in [-0.05, 0) is 25.9 Å². The molecule has 1 rings (SSSR count). The molecule has 1 atom stereocenters. The molecule has 0 amide bonds. The van der Waals surface area contributed by atoms with Gasteiger partial charge in [0.25, 0.3) is 0 Å². The monoisotopic (exact) mass is 271 g/mol. The number of hydrogen-bond acceptors (Lipinski definition) is 1. The summed E-state index contributed by atoms with van der Waals surface area (Å²) in [6.45, 7) is 10.1. The highest BCUT2D eigenvalue weighted by molar-refractivity contribution is 6.76. The highest BCUT2D eigenvalue weighted by Crippen LogP contribution is 2.24. The Bertz CT molecular complexity index is 207. The van der Waals surface area contributed by atoms with Crippen molar-refractivity contribution in [3.63, 3.8) is 0 Å². The molecule has 0 aliphatic heterocycles. The van der Waals surface area contributed by atoms with Gasteiger partial charge in [0, 0.05) is 14.1 Å². The van der Waals surface area contributed by atoms with Gasteiger partial charge in [0.15, 0.2) is 0 Å². The summed E-state index contributed by atoms with van der Waals surface area (Å²) < 4.78 is 2.81. The first-order valence-corrected chi connectivity index (χ1v) is 13.8. The van der Waals surface area contributed by atoms with Gasteiger partial charge in [-0.1, -0.05) is 57.9 Å². The van der Waals surface area contributed by atoms with E-state index in [0.29, 0.717) is 0 Å². The molecule has 0 radical (unpaired) electrons. The van der Waals surface area contributed by atoms with Crippen molar-refractivity contribution in [2.24, 2.45) is 0 Å². The second-order valence-corrected chi connectivity index (χ2v) is 16.0. The molecule has 0 aromatic rings. The smallest absolute Gasteiger partial charge is 0.108 e. The third-order valence-electron chi connectivity index (χ3n) is 4.39. The van der Waals surface area contributed by atoms with Crippen LogP contribution in [-0.2, 0) is 0 Å². The summed E-state index contributed by atoms with van der Waals surface area (Å²) in [5.74, 6) is 0. The Balaban J connectivity index is 2.23. The van der Waals surface area contributed by atoms with Gasteiger partial charge in [0.2, 0.25) is 0 Å². The molecule has 1 saturated carbocycles. The van der Waals surface area contributed by atoms with E-state index in [4.69, 9.17) is 0 Å². The van der Waals surface area contributed by atoms with E-state index >= 15 is 0 Å². The second kappa shape index (κ2) is 7.10. The van der Waals surface area contributed by atoms with Crippen molar-refractivity contribution in [2.75, 3.05) is 7.05 Å². The Morgan fingerprint density at radius 1 is 1.12 bits per heavy atom. The van der Waals surface area contributed by atoms with Crippen molar-refractivity contribution in [3.8, 4) is 0 Å². The van der Waals surface area contributed by atoms with E-state index in [1.165, 1.54) is 50.6 Å². The molecule has 1 aliphatic carbocycles. The van der Waals surface area contributed by atoms with Gasteiger partial charge in [0.05, 0.1) is 0 Å². The second-order valence-electron chi connectivity index (χ2n) is 7.26. The van der Waals surface area contributed by atoms with E-state index in [0.717, 1.165) is 6.04 Å². The van der Waals surface area contributed by atoms with Crippen LogP contribution in [-0.4, -0.2) is 34.7 Å². The highest BCUT2D eigenvalue weighted by atomic mass is 28.3. The molecule has 1 unspecified atom stereocenters. The van der Waals surface area contributed by atoms with Crippen LogP contribution >= 0.6 is 0 Å². The molecular weight excluding hydrogens is 238 g/mol. The SMILES string of the molecule is CN(C1CCCCC1)[SiH](C)CCC[Si](C)(C)C. The summed E-state index contributed by atoms with van der Waals surface area (Å²) >= 11 is 0. The number of hydrogen-bond donors (Lipinski definition) is 0. The molecule has 0 aromatic carbocycles. The van der Waals surface area contributed by atoms with Crippen LogP contribution in [0.3, 0.4) is 0 Å². The van der Waals surface area contributed by atoms with Gasteiger partial charge >= 0.3 is 0 Å². The Kier molecular flexibility index (Phi) is 6.45. The first kappa shape index (κ1) is 15.5. The maximum Gasteiger partial charge on any atom is 0.108 e. The average Bonchev–Trinajstić information content (AvgIpc) is 2.27. The van der Waals surface area contributed by atoms with Crippen LogP contribution in [0, 0.1) is 0 Å². The normalized spacial score (nSPS) is 20.8. The molecule has 0 aromatic heterocycles. The largest absolute Gasteiger partial charge is 0.326 e. The lowest BCUT2D eigenvalue weighted by Crippen LogP contribution is -2.42.